The standard InChI is InChI=1S/C24H36N4O2/c1-19-5-4-6-20(15-19)16-22(29)27-9-7-24(8-10-27)17-21(26(3)18-24)23(30)28-13-11-25(2)12-14-28/h4-6,15,21H,7-14,16-18H2,1-3H3. The van der Waals surface area contributed by atoms with Crippen LogP contribution in [0.15, 0.2) is 24.3 Å². The van der Waals surface area contributed by atoms with Gasteiger partial charge in [-0.1, -0.05) is 29.8 Å². The zero-order valence-electron chi connectivity index (χ0n) is 18.8. The first-order chi connectivity index (χ1) is 14.3. The summed E-state index contributed by atoms with van der Waals surface area (Å²) in [6.45, 7) is 8.27. The Bertz CT molecular complexity index is 779. The maximum Gasteiger partial charge on any atom is 0.240 e. The number of likely N-dealkylation sites (N-methyl/N-ethyl adjacent to an activating group) is 2. The van der Waals surface area contributed by atoms with E-state index in [-0.39, 0.29) is 17.4 Å². The molecule has 1 spiro atoms. The van der Waals surface area contributed by atoms with Gasteiger partial charge in [0.25, 0.3) is 0 Å². The highest BCUT2D eigenvalue weighted by atomic mass is 16.2. The molecular weight excluding hydrogens is 376 g/mol. The number of hydrogen-bond acceptors (Lipinski definition) is 4. The molecule has 0 N–H and O–H groups in total. The molecule has 0 radical (unpaired) electrons. The molecule has 3 fully saturated rings. The van der Waals surface area contributed by atoms with Crippen molar-refractivity contribution < 1.29 is 9.59 Å². The quantitative estimate of drug-likeness (QED) is 0.757. The monoisotopic (exact) mass is 412 g/mol. The summed E-state index contributed by atoms with van der Waals surface area (Å²) in [4.78, 5) is 34.6. The molecule has 0 saturated carbocycles. The number of piperidine rings is 1. The Morgan fingerprint density at radius 3 is 2.37 bits per heavy atom. The highest BCUT2D eigenvalue weighted by molar-refractivity contribution is 5.82. The van der Waals surface area contributed by atoms with E-state index in [0.717, 1.165) is 70.6 Å². The van der Waals surface area contributed by atoms with Crippen molar-refractivity contribution in [2.24, 2.45) is 5.41 Å². The van der Waals surface area contributed by atoms with Crippen molar-refractivity contribution >= 4 is 11.8 Å². The fourth-order valence-corrected chi connectivity index (χ4v) is 5.48. The molecule has 0 bridgehead atoms. The molecule has 0 aromatic heterocycles. The van der Waals surface area contributed by atoms with Crippen molar-refractivity contribution in [2.75, 3.05) is 59.9 Å². The minimum Gasteiger partial charge on any atom is -0.342 e. The van der Waals surface area contributed by atoms with Crippen molar-refractivity contribution in [3.63, 3.8) is 0 Å². The second-order valence-electron chi connectivity index (χ2n) is 9.81. The van der Waals surface area contributed by atoms with Crippen LogP contribution in [0.2, 0.25) is 0 Å². The fourth-order valence-electron chi connectivity index (χ4n) is 5.48. The van der Waals surface area contributed by atoms with Crippen LogP contribution in [-0.2, 0) is 16.0 Å². The molecule has 6 nitrogen and oxygen atoms in total. The van der Waals surface area contributed by atoms with E-state index in [2.05, 4.69) is 47.9 Å². The number of aryl methyl sites for hydroxylation is 1. The van der Waals surface area contributed by atoms with Crippen molar-refractivity contribution in [2.45, 2.75) is 38.6 Å². The summed E-state index contributed by atoms with van der Waals surface area (Å²) in [6, 6.07) is 8.23. The summed E-state index contributed by atoms with van der Waals surface area (Å²) in [5, 5.41) is 0. The lowest BCUT2D eigenvalue weighted by atomic mass is 9.76. The average molecular weight is 413 g/mol. The Balaban J connectivity index is 1.31. The van der Waals surface area contributed by atoms with Gasteiger partial charge in [-0.15, -0.1) is 0 Å². The number of likely N-dealkylation sites (tertiary alicyclic amines) is 2. The normalized spacial score (nSPS) is 25.1. The highest BCUT2D eigenvalue weighted by Crippen LogP contribution is 2.43. The lowest BCUT2D eigenvalue weighted by Crippen LogP contribution is -2.52. The third-order valence-electron chi connectivity index (χ3n) is 7.46. The van der Waals surface area contributed by atoms with Gasteiger partial charge in [0, 0.05) is 45.8 Å². The van der Waals surface area contributed by atoms with Gasteiger partial charge in [0.1, 0.15) is 0 Å². The van der Waals surface area contributed by atoms with Gasteiger partial charge in [0.05, 0.1) is 12.5 Å². The van der Waals surface area contributed by atoms with Crippen LogP contribution in [0.4, 0.5) is 0 Å². The molecule has 164 valence electrons. The minimum absolute atomic E-state index is 0.00273. The van der Waals surface area contributed by atoms with Crippen LogP contribution in [0.25, 0.3) is 0 Å². The highest BCUT2D eigenvalue weighted by Gasteiger charge is 2.48. The Hall–Kier alpha value is -1.92. The zero-order valence-corrected chi connectivity index (χ0v) is 18.8. The van der Waals surface area contributed by atoms with Crippen LogP contribution in [0.1, 0.15) is 30.4 Å². The fraction of sp³-hybridized carbons (Fsp3) is 0.667. The number of benzene rings is 1. The van der Waals surface area contributed by atoms with Gasteiger partial charge in [-0.05, 0) is 51.3 Å². The molecule has 3 aliphatic rings. The van der Waals surface area contributed by atoms with E-state index < -0.39 is 0 Å². The first-order valence-electron chi connectivity index (χ1n) is 11.4. The van der Waals surface area contributed by atoms with E-state index in [1.807, 2.05) is 17.0 Å². The first kappa shape index (κ1) is 21.3. The lowest BCUT2D eigenvalue weighted by molar-refractivity contribution is -0.137. The minimum atomic E-state index is 0.00273. The molecule has 3 heterocycles. The zero-order chi connectivity index (χ0) is 21.3. The third-order valence-corrected chi connectivity index (χ3v) is 7.46. The second kappa shape index (κ2) is 8.67. The Kier molecular flexibility index (Phi) is 6.16. The largest absolute Gasteiger partial charge is 0.342 e. The number of carbonyl (C=O) groups excluding carboxylic acids is 2. The summed E-state index contributed by atoms with van der Waals surface area (Å²) in [5.74, 6) is 0.535. The molecule has 1 atom stereocenters. The van der Waals surface area contributed by atoms with Crippen molar-refractivity contribution in [1.29, 1.82) is 0 Å². The molecule has 3 aliphatic heterocycles. The number of hydrogen-bond donors (Lipinski definition) is 0. The van der Waals surface area contributed by atoms with Gasteiger partial charge in [0.15, 0.2) is 0 Å². The predicted molar refractivity (Wildman–Crippen MR) is 118 cm³/mol. The molecule has 1 aromatic rings. The second-order valence-corrected chi connectivity index (χ2v) is 9.81. The molecule has 1 unspecified atom stereocenters. The molecule has 4 rings (SSSR count). The number of nitrogens with zero attached hydrogens (tertiary/aromatic N) is 4. The van der Waals surface area contributed by atoms with Gasteiger partial charge >= 0.3 is 0 Å². The topological polar surface area (TPSA) is 47.1 Å². The number of rotatable bonds is 3. The lowest BCUT2D eigenvalue weighted by Gasteiger charge is -2.39. The first-order valence-corrected chi connectivity index (χ1v) is 11.4. The SMILES string of the molecule is Cc1cccc(CC(=O)N2CCC3(CC2)CC(C(=O)N2CCN(C)CC2)N(C)C3)c1. The number of carbonyl (C=O) groups is 2. The Morgan fingerprint density at radius 1 is 1.00 bits per heavy atom. The van der Waals surface area contributed by atoms with Crippen molar-refractivity contribution in [3.8, 4) is 0 Å². The van der Waals surface area contributed by atoms with E-state index in [1.165, 1.54) is 5.56 Å². The molecule has 6 heteroatoms. The van der Waals surface area contributed by atoms with Gasteiger partial charge in [0.2, 0.25) is 11.8 Å². The summed E-state index contributed by atoms with van der Waals surface area (Å²) in [7, 11) is 4.22. The molecule has 1 aromatic carbocycles. The van der Waals surface area contributed by atoms with E-state index in [0.29, 0.717) is 12.3 Å². The molecule has 3 saturated heterocycles. The summed E-state index contributed by atoms with van der Waals surface area (Å²) < 4.78 is 0. The number of amides is 2. The maximum atomic E-state index is 13.1. The third kappa shape index (κ3) is 4.54. The van der Waals surface area contributed by atoms with Crippen LogP contribution < -0.4 is 0 Å². The summed E-state index contributed by atoms with van der Waals surface area (Å²) in [6.07, 6.45) is 3.43. The van der Waals surface area contributed by atoms with E-state index >= 15 is 0 Å². The van der Waals surface area contributed by atoms with Crippen molar-refractivity contribution in [1.82, 2.24) is 19.6 Å². The Morgan fingerprint density at radius 2 is 1.70 bits per heavy atom. The summed E-state index contributed by atoms with van der Waals surface area (Å²) in [5.41, 5.74) is 2.48. The van der Waals surface area contributed by atoms with E-state index in [4.69, 9.17) is 0 Å². The average Bonchev–Trinajstić information content (AvgIpc) is 3.04. The molecular formula is C24H36N4O2. The molecule has 0 aliphatic carbocycles. The van der Waals surface area contributed by atoms with Gasteiger partial charge < -0.3 is 14.7 Å². The van der Waals surface area contributed by atoms with Crippen molar-refractivity contribution in [3.05, 3.63) is 35.4 Å². The molecule has 30 heavy (non-hydrogen) atoms. The molecule has 2 amide bonds. The van der Waals surface area contributed by atoms with Crippen LogP contribution in [0, 0.1) is 12.3 Å². The van der Waals surface area contributed by atoms with Gasteiger partial charge in [-0.2, -0.15) is 0 Å². The van der Waals surface area contributed by atoms with Crippen LogP contribution >= 0.6 is 0 Å². The maximum absolute atomic E-state index is 13.1. The smallest absolute Gasteiger partial charge is 0.240 e. The van der Waals surface area contributed by atoms with Gasteiger partial charge in [-0.3, -0.25) is 14.5 Å². The Labute approximate surface area is 180 Å². The van der Waals surface area contributed by atoms with E-state index in [9.17, 15) is 9.59 Å². The van der Waals surface area contributed by atoms with Crippen LogP contribution in [0.3, 0.4) is 0 Å². The van der Waals surface area contributed by atoms with Gasteiger partial charge in [-0.25, -0.2) is 0 Å². The van der Waals surface area contributed by atoms with Crippen LogP contribution in [-0.4, -0.2) is 97.4 Å². The predicted octanol–water partition coefficient (Wildman–Crippen LogP) is 1.62. The van der Waals surface area contributed by atoms with Crippen LogP contribution in [0.5, 0.6) is 0 Å². The summed E-state index contributed by atoms with van der Waals surface area (Å²) >= 11 is 0. The van der Waals surface area contributed by atoms with E-state index in [1.54, 1.807) is 0 Å². The number of piperazine rings is 1.